The minimum atomic E-state index is -3.51. The first kappa shape index (κ1) is 15.4. The molecule has 1 fully saturated rings. The van der Waals surface area contributed by atoms with E-state index >= 15 is 0 Å². The Morgan fingerprint density at radius 1 is 1.35 bits per heavy atom. The first-order valence-corrected chi connectivity index (χ1v) is 8.29. The number of benzene rings is 1. The Kier molecular flexibility index (Phi) is 5.15. The van der Waals surface area contributed by atoms with Gasteiger partial charge in [0, 0.05) is 19.8 Å². The number of ether oxygens (including phenoxy) is 1. The maximum absolute atomic E-state index is 12.2. The molecule has 5 nitrogen and oxygen atoms in total. The molecule has 0 bridgehead atoms. The molecule has 20 heavy (non-hydrogen) atoms. The van der Waals surface area contributed by atoms with Gasteiger partial charge in [0.05, 0.1) is 11.5 Å². The van der Waals surface area contributed by atoms with E-state index in [0.29, 0.717) is 31.2 Å². The molecule has 0 amide bonds. The normalized spacial score (nSPS) is 17.3. The van der Waals surface area contributed by atoms with Gasteiger partial charge in [-0.15, -0.1) is 0 Å². The van der Waals surface area contributed by atoms with Crippen molar-refractivity contribution < 1.29 is 18.3 Å². The fraction of sp³-hybridized carbons (Fsp3) is 0.571. The number of hydrogen-bond acceptors (Lipinski definition) is 4. The molecule has 1 aliphatic rings. The number of aliphatic hydroxyl groups is 1. The monoisotopic (exact) mass is 299 g/mol. The summed E-state index contributed by atoms with van der Waals surface area (Å²) in [6, 6.07) is 4.82. The van der Waals surface area contributed by atoms with Gasteiger partial charge in [-0.25, -0.2) is 13.1 Å². The molecule has 1 heterocycles. The van der Waals surface area contributed by atoms with Gasteiger partial charge in [-0.3, -0.25) is 0 Å². The zero-order chi connectivity index (χ0) is 14.6. The summed E-state index contributed by atoms with van der Waals surface area (Å²) < 4.78 is 32.4. The predicted octanol–water partition coefficient (Wildman–Crippen LogP) is 1.19. The fourth-order valence-corrected chi connectivity index (χ4v) is 3.41. The van der Waals surface area contributed by atoms with Crippen molar-refractivity contribution in [3.63, 3.8) is 0 Å². The molecule has 0 aliphatic carbocycles. The standard InChI is InChI=1S/C14H21NO4S/c1-11-2-3-14(8-13(11)10-16)20(17,18)15-9-12-4-6-19-7-5-12/h2-3,8,12,15-16H,4-7,9-10H2,1H3. The van der Waals surface area contributed by atoms with Gasteiger partial charge in [0.15, 0.2) is 0 Å². The topological polar surface area (TPSA) is 75.6 Å². The van der Waals surface area contributed by atoms with Crippen LogP contribution in [0.1, 0.15) is 24.0 Å². The van der Waals surface area contributed by atoms with Gasteiger partial charge in [-0.1, -0.05) is 6.07 Å². The summed E-state index contributed by atoms with van der Waals surface area (Å²) in [5.74, 6) is 0.335. The van der Waals surface area contributed by atoms with Crippen LogP contribution in [-0.4, -0.2) is 33.3 Å². The molecule has 2 N–H and O–H groups in total. The van der Waals surface area contributed by atoms with E-state index in [1.807, 2.05) is 6.92 Å². The van der Waals surface area contributed by atoms with E-state index in [-0.39, 0.29) is 11.5 Å². The molecule has 1 aromatic carbocycles. The first-order chi connectivity index (χ1) is 9.53. The van der Waals surface area contributed by atoms with E-state index in [9.17, 15) is 13.5 Å². The Hall–Kier alpha value is -0.950. The van der Waals surface area contributed by atoms with Crippen LogP contribution in [-0.2, 0) is 21.4 Å². The second kappa shape index (κ2) is 6.67. The Morgan fingerprint density at radius 3 is 2.70 bits per heavy atom. The molecule has 1 aromatic rings. The van der Waals surface area contributed by atoms with Crippen LogP contribution in [0, 0.1) is 12.8 Å². The Bertz CT molecular complexity index is 550. The molecule has 1 saturated heterocycles. The van der Waals surface area contributed by atoms with Crippen LogP contribution in [0.5, 0.6) is 0 Å². The number of rotatable bonds is 5. The highest BCUT2D eigenvalue weighted by atomic mass is 32.2. The summed E-state index contributed by atoms with van der Waals surface area (Å²) in [5.41, 5.74) is 1.52. The Morgan fingerprint density at radius 2 is 2.05 bits per heavy atom. The van der Waals surface area contributed by atoms with Gasteiger partial charge >= 0.3 is 0 Å². The lowest BCUT2D eigenvalue weighted by atomic mass is 10.0. The summed E-state index contributed by atoms with van der Waals surface area (Å²) in [4.78, 5) is 0.208. The van der Waals surface area contributed by atoms with E-state index in [1.54, 1.807) is 12.1 Å². The average molecular weight is 299 g/mol. The second-order valence-corrected chi connectivity index (χ2v) is 6.92. The first-order valence-electron chi connectivity index (χ1n) is 6.81. The maximum atomic E-state index is 12.2. The largest absolute Gasteiger partial charge is 0.392 e. The molecular formula is C14H21NO4S. The van der Waals surface area contributed by atoms with Crippen LogP contribution in [0.2, 0.25) is 0 Å². The quantitative estimate of drug-likeness (QED) is 0.856. The highest BCUT2D eigenvalue weighted by Crippen LogP contribution is 2.17. The summed E-state index contributed by atoms with van der Waals surface area (Å²) in [7, 11) is -3.51. The van der Waals surface area contributed by atoms with Gasteiger partial charge in [0.25, 0.3) is 0 Å². The average Bonchev–Trinajstić information content (AvgIpc) is 2.46. The van der Waals surface area contributed by atoms with Crippen LogP contribution in [0.3, 0.4) is 0 Å². The van der Waals surface area contributed by atoms with Crippen LogP contribution in [0.4, 0.5) is 0 Å². The van der Waals surface area contributed by atoms with Crippen molar-refractivity contribution in [2.75, 3.05) is 19.8 Å². The molecule has 1 aliphatic heterocycles. The van der Waals surface area contributed by atoms with Gasteiger partial charge in [0.1, 0.15) is 0 Å². The molecule has 0 atom stereocenters. The molecule has 0 spiro atoms. The van der Waals surface area contributed by atoms with E-state index in [1.165, 1.54) is 6.07 Å². The van der Waals surface area contributed by atoms with Gasteiger partial charge in [-0.2, -0.15) is 0 Å². The van der Waals surface area contributed by atoms with Crippen LogP contribution in [0.15, 0.2) is 23.1 Å². The smallest absolute Gasteiger partial charge is 0.240 e. The highest BCUT2D eigenvalue weighted by molar-refractivity contribution is 7.89. The maximum Gasteiger partial charge on any atom is 0.240 e. The fourth-order valence-electron chi connectivity index (χ4n) is 2.25. The van der Waals surface area contributed by atoms with Crippen molar-refractivity contribution >= 4 is 10.0 Å². The lowest BCUT2D eigenvalue weighted by molar-refractivity contribution is 0.0678. The third-order valence-electron chi connectivity index (χ3n) is 3.70. The minimum Gasteiger partial charge on any atom is -0.392 e. The van der Waals surface area contributed by atoms with Gasteiger partial charge in [0.2, 0.25) is 10.0 Å². The summed E-state index contributed by atoms with van der Waals surface area (Å²) in [6.07, 6.45) is 1.77. The van der Waals surface area contributed by atoms with E-state index < -0.39 is 10.0 Å². The van der Waals surface area contributed by atoms with Crippen molar-refractivity contribution in [1.82, 2.24) is 4.72 Å². The third-order valence-corrected chi connectivity index (χ3v) is 5.13. The van der Waals surface area contributed by atoms with Crippen LogP contribution < -0.4 is 4.72 Å². The molecule has 112 valence electrons. The predicted molar refractivity (Wildman–Crippen MR) is 75.8 cm³/mol. The highest BCUT2D eigenvalue weighted by Gasteiger charge is 2.19. The van der Waals surface area contributed by atoms with E-state index in [4.69, 9.17) is 4.74 Å². The van der Waals surface area contributed by atoms with Crippen molar-refractivity contribution in [3.05, 3.63) is 29.3 Å². The molecule has 0 saturated carbocycles. The second-order valence-electron chi connectivity index (χ2n) is 5.15. The Balaban J connectivity index is 2.05. The molecule has 0 aromatic heterocycles. The van der Waals surface area contributed by atoms with Crippen LogP contribution in [0.25, 0.3) is 0 Å². The number of nitrogens with one attached hydrogen (secondary N) is 1. The molecule has 6 heteroatoms. The molecule has 2 rings (SSSR count). The van der Waals surface area contributed by atoms with E-state index in [0.717, 1.165) is 18.4 Å². The SMILES string of the molecule is Cc1ccc(S(=O)(=O)NCC2CCOCC2)cc1CO. The van der Waals surface area contributed by atoms with Crippen LogP contribution >= 0.6 is 0 Å². The number of aryl methyl sites for hydroxylation is 1. The van der Waals surface area contributed by atoms with Gasteiger partial charge in [-0.05, 0) is 48.9 Å². The lowest BCUT2D eigenvalue weighted by Crippen LogP contribution is -2.32. The van der Waals surface area contributed by atoms with Crippen molar-refractivity contribution in [1.29, 1.82) is 0 Å². The van der Waals surface area contributed by atoms with Crippen molar-refractivity contribution in [2.45, 2.75) is 31.3 Å². The van der Waals surface area contributed by atoms with Gasteiger partial charge < -0.3 is 9.84 Å². The summed E-state index contributed by atoms with van der Waals surface area (Å²) in [6.45, 7) is 3.53. The third kappa shape index (κ3) is 3.79. The lowest BCUT2D eigenvalue weighted by Gasteiger charge is -2.22. The zero-order valence-corrected chi connectivity index (χ0v) is 12.4. The van der Waals surface area contributed by atoms with E-state index in [2.05, 4.69) is 4.72 Å². The molecular weight excluding hydrogens is 278 g/mol. The number of hydrogen-bond donors (Lipinski definition) is 2. The van der Waals surface area contributed by atoms with Crippen molar-refractivity contribution in [3.8, 4) is 0 Å². The Labute approximate surface area is 120 Å². The number of sulfonamides is 1. The number of aliphatic hydroxyl groups excluding tert-OH is 1. The van der Waals surface area contributed by atoms with Crippen molar-refractivity contribution in [2.24, 2.45) is 5.92 Å². The molecule has 0 unspecified atom stereocenters. The minimum absolute atomic E-state index is 0.158. The zero-order valence-electron chi connectivity index (χ0n) is 11.6. The molecule has 0 radical (unpaired) electrons. The summed E-state index contributed by atoms with van der Waals surface area (Å²) >= 11 is 0. The summed E-state index contributed by atoms with van der Waals surface area (Å²) in [5, 5.41) is 9.21.